The van der Waals surface area contributed by atoms with Crippen LogP contribution in [0.2, 0.25) is 10.0 Å². The predicted octanol–water partition coefficient (Wildman–Crippen LogP) is 6.22. The number of ether oxygens (including phenoxy) is 1. The first-order valence-corrected chi connectivity index (χ1v) is 13.6. The summed E-state index contributed by atoms with van der Waals surface area (Å²) in [5.74, 6) is 6.84. The number of hydrogen-bond donors (Lipinski definition) is 2. The third-order valence-electron chi connectivity index (χ3n) is 7.25. The molecule has 2 heterocycles. The second-order valence-corrected chi connectivity index (χ2v) is 10.7. The highest BCUT2D eigenvalue weighted by molar-refractivity contribution is 6.34. The molecule has 1 aliphatic heterocycles. The van der Waals surface area contributed by atoms with Crippen LogP contribution in [-0.4, -0.2) is 52.8 Å². The number of likely N-dealkylation sites (tertiary alicyclic amines) is 1. The van der Waals surface area contributed by atoms with Crippen LogP contribution in [0.1, 0.15) is 49.3 Å². The van der Waals surface area contributed by atoms with Crippen LogP contribution in [0.3, 0.4) is 0 Å². The third-order valence-corrected chi connectivity index (χ3v) is 7.69. The molecule has 1 aromatic heterocycles. The molecule has 200 valence electrons. The van der Waals surface area contributed by atoms with Crippen molar-refractivity contribution in [3.05, 3.63) is 69.8 Å². The Labute approximate surface area is 233 Å². The number of rotatable bonds is 9. The molecule has 0 amide bonds. The molecule has 4 rings (SSSR count). The smallest absolute Gasteiger partial charge is 0.303 e. The van der Waals surface area contributed by atoms with Crippen molar-refractivity contribution >= 4 is 40.1 Å². The van der Waals surface area contributed by atoms with Crippen LogP contribution in [0, 0.1) is 23.7 Å². The minimum atomic E-state index is -0.782. The number of aliphatic hydroxyl groups is 1. The van der Waals surface area contributed by atoms with Gasteiger partial charge in [0, 0.05) is 40.2 Å². The number of aromatic nitrogens is 1. The summed E-state index contributed by atoms with van der Waals surface area (Å²) in [5, 5.41) is 22.4. The first-order chi connectivity index (χ1) is 18.3. The molecule has 0 unspecified atom stereocenters. The van der Waals surface area contributed by atoms with E-state index in [2.05, 4.69) is 21.7 Å². The normalized spacial score (nSPS) is 18.5. The summed E-state index contributed by atoms with van der Waals surface area (Å²) in [6, 6.07) is 12.8. The molecular weight excluding hydrogens is 523 g/mol. The summed E-state index contributed by atoms with van der Waals surface area (Å²) in [6.07, 6.45) is 4.19. The maximum atomic E-state index is 11.3. The first kappa shape index (κ1) is 28.2. The lowest BCUT2D eigenvalue weighted by atomic mass is 9.79. The number of benzene rings is 2. The van der Waals surface area contributed by atoms with Crippen molar-refractivity contribution in [2.45, 2.75) is 38.2 Å². The van der Waals surface area contributed by atoms with Crippen molar-refractivity contribution in [3.63, 3.8) is 0 Å². The number of pyridine rings is 1. The number of halogens is 2. The van der Waals surface area contributed by atoms with Gasteiger partial charge in [0.1, 0.15) is 5.75 Å². The summed E-state index contributed by atoms with van der Waals surface area (Å²) in [6.45, 7) is 2.26. The lowest BCUT2D eigenvalue weighted by Gasteiger charge is -2.38. The van der Waals surface area contributed by atoms with E-state index in [4.69, 9.17) is 27.9 Å². The van der Waals surface area contributed by atoms with E-state index in [1.165, 1.54) is 0 Å². The molecule has 6 nitrogen and oxygen atoms in total. The van der Waals surface area contributed by atoms with Gasteiger partial charge in [-0.2, -0.15) is 0 Å². The Morgan fingerprint density at radius 2 is 1.95 bits per heavy atom. The van der Waals surface area contributed by atoms with E-state index in [0.29, 0.717) is 35.3 Å². The largest absolute Gasteiger partial charge is 0.497 e. The predicted molar refractivity (Wildman–Crippen MR) is 151 cm³/mol. The standard InChI is InChI=1S/C30H32Cl2N2O4/c1-38-25-6-7-28-27(18-25)26(10-12-33-28)29(35)8-4-21-11-14-34(19-22(21)5-9-30(36)37)13-2-3-20-15-23(31)17-24(32)16-20/h6-7,10,12,15-18,21-22,29,35H,4-5,8-9,11,13-14,19H2,1H3,(H,36,37)/t21-,22-,29-/m1/s1. The highest BCUT2D eigenvalue weighted by atomic mass is 35.5. The zero-order valence-corrected chi connectivity index (χ0v) is 22.9. The summed E-state index contributed by atoms with van der Waals surface area (Å²) in [7, 11) is 1.62. The molecule has 3 aromatic rings. The van der Waals surface area contributed by atoms with Gasteiger partial charge in [-0.05, 0) is 92.1 Å². The fraction of sp³-hybridized carbons (Fsp3) is 0.400. The van der Waals surface area contributed by atoms with Gasteiger partial charge in [0.15, 0.2) is 0 Å². The number of nitrogens with zero attached hydrogens (tertiary/aromatic N) is 2. The van der Waals surface area contributed by atoms with Crippen molar-refractivity contribution in [2.75, 3.05) is 26.7 Å². The van der Waals surface area contributed by atoms with Gasteiger partial charge in [0.25, 0.3) is 0 Å². The molecule has 0 saturated carbocycles. The summed E-state index contributed by atoms with van der Waals surface area (Å²) < 4.78 is 5.36. The van der Waals surface area contributed by atoms with E-state index < -0.39 is 12.1 Å². The fourth-order valence-corrected chi connectivity index (χ4v) is 5.81. The van der Waals surface area contributed by atoms with Crippen LogP contribution in [0.5, 0.6) is 5.75 Å². The SMILES string of the molecule is COc1ccc2nccc([C@H](O)CC[C@@H]3CCN(CC#Cc4cc(Cl)cc(Cl)c4)C[C@H]3CCC(=O)O)c2c1. The average molecular weight is 556 g/mol. The van der Waals surface area contributed by atoms with Gasteiger partial charge in [-0.25, -0.2) is 0 Å². The third kappa shape index (κ3) is 7.61. The molecule has 8 heteroatoms. The number of aliphatic hydroxyl groups excluding tert-OH is 1. The number of fused-ring (bicyclic) bond motifs is 1. The van der Waals surface area contributed by atoms with Gasteiger partial charge in [-0.1, -0.05) is 35.0 Å². The Kier molecular flexibility index (Phi) is 9.87. The van der Waals surface area contributed by atoms with Crippen LogP contribution >= 0.6 is 23.2 Å². The zero-order valence-electron chi connectivity index (χ0n) is 21.4. The Morgan fingerprint density at radius 1 is 1.16 bits per heavy atom. The number of carboxylic acids is 1. The maximum absolute atomic E-state index is 11.3. The van der Waals surface area contributed by atoms with Gasteiger partial charge in [0.05, 0.1) is 25.3 Å². The molecule has 2 aromatic carbocycles. The second kappa shape index (κ2) is 13.3. The van der Waals surface area contributed by atoms with E-state index in [1.54, 1.807) is 31.5 Å². The minimum Gasteiger partial charge on any atom is -0.497 e. The van der Waals surface area contributed by atoms with E-state index in [1.807, 2.05) is 24.3 Å². The molecule has 0 bridgehead atoms. The Hall–Kier alpha value is -2.82. The summed E-state index contributed by atoms with van der Waals surface area (Å²) in [4.78, 5) is 18.0. The number of hydrogen-bond acceptors (Lipinski definition) is 5. The van der Waals surface area contributed by atoms with Crippen LogP contribution in [0.25, 0.3) is 10.9 Å². The van der Waals surface area contributed by atoms with E-state index >= 15 is 0 Å². The molecule has 0 spiro atoms. The molecule has 38 heavy (non-hydrogen) atoms. The fourth-order valence-electron chi connectivity index (χ4n) is 5.29. The number of piperidine rings is 1. The van der Waals surface area contributed by atoms with Crippen LogP contribution in [0.15, 0.2) is 48.7 Å². The molecule has 2 N–H and O–H groups in total. The molecule has 0 aliphatic carbocycles. The molecule has 0 radical (unpaired) electrons. The van der Waals surface area contributed by atoms with Crippen molar-refractivity contribution < 1.29 is 19.7 Å². The lowest BCUT2D eigenvalue weighted by molar-refractivity contribution is -0.137. The van der Waals surface area contributed by atoms with Gasteiger partial charge >= 0.3 is 5.97 Å². The van der Waals surface area contributed by atoms with E-state index in [-0.39, 0.29) is 12.3 Å². The van der Waals surface area contributed by atoms with Crippen LogP contribution in [0.4, 0.5) is 0 Å². The van der Waals surface area contributed by atoms with Gasteiger partial charge < -0.3 is 14.9 Å². The molecular formula is C30H32Cl2N2O4. The molecule has 1 aliphatic rings. The van der Waals surface area contributed by atoms with Crippen molar-refractivity contribution in [3.8, 4) is 17.6 Å². The van der Waals surface area contributed by atoms with Crippen molar-refractivity contribution in [1.82, 2.24) is 9.88 Å². The minimum absolute atomic E-state index is 0.138. The Balaban J connectivity index is 1.40. The van der Waals surface area contributed by atoms with Crippen molar-refractivity contribution in [1.29, 1.82) is 0 Å². The highest BCUT2D eigenvalue weighted by Gasteiger charge is 2.30. The molecule has 3 atom stereocenters. The monoisotopic (exact) mass is 554 g/mol. The van der Waals surface area contributed by atoms with Gasteiger partial charge in [-0.15, -0.1) is 0 Å². The number of aliphatic carboxylic acids is 1. The van der Waals surface area contributed by atoms with E-state index in [0.717, 1.165) is 53.7 Å². The quantitative estimate of drug-likeness (QED) is 0.305. The molecule has 1 fully saturated rings. The summed E-state index contributed by atoms with van der Waals surface area (Å²) in [5.41, 5.74) is 2.43. The van der Waals surface area contributed by atoms with Crippen LogP contribution < -0.4 is 4.74 Å². The van der Waals surface area contributed by atoms with Gasteiger partial charge in [0.2, 0.25) is 0 Å². The van der Waals surface area contributed by atoms with E-state index in [9.17, 15) is 15.0 Å². The number of carbonyl (C=O) groups is 1. The van der Waals surface area contributed by atoms with Crippen molar-refractivity contribution in [2.24, 2.45) is 11.8 Å². The number of carboxylic acid groups (broad SMARTS) is 1. The Morgan fingerprint density at radius 3 is 2.68 bits per heavy atom. The molecule has 1 saturated heterocycles. The average Bonchev–Trinajstić information content (AvgIpc) is 2.89. The zero-order chi connectivity index (χ0) is 27.1. The topological polar surface area (TPSA) is 82.9 Å². The summed E-state index contributed by atoms with van der Waals surface area (Å²) >= 11 is 12.1. The maximum Gasteiger partial charge on any atom is 0.303 e. The number of methoxy groups -OCH3 is 1. The van der Waals surface area contributed by atoms with Gasteiger partial charge in [-0.3, -0.25) is 14.7 Å². The lowest BCUT2D eigenvalue weighted by Crippen LogP contribution is -2.41. The van der Waals surface area contributed by atoms with Crippen LogP contribution in [-0.2, 0) is 4.79 Å². The second-order valence-electron chi connectivity index (χ2n) is 9.81. The highest BCUT2D eigenvalue weighted by Crippen LogP contribution is 2.35. The Bertz CT molecular complexity index is 1320. The first-order valence-electron chi connectivity index (χ1n) is 12.8.